The molecular formula is C16H20FNO5S2. The van der Waals surface area contributed by atoms with Crippen LogP contribution in [0.15, 0.2) is 18.2 Å². The summed E-state index contributed by atoms with van der Waals surface area (Å²) >= 11 is 1.22. The largest absolute Gasteiger partial charge is 0.452 e. The highest BCUT2D eigenvalue weighted by atomic mass is 32.2. The van der Waals surface area contributed by atoms with Gasteiger partial charge in [-0.05, 0) is 38.0 Å². The normalized spacial score (nSPS) is 20.0. The Morgan fingerprint density at radius 3 is 2.76 bits per heavy atom. The number of carbonyl (C=O) groups excluding carboxylic acids is 2. The quantitative estimate of drug-likeness (QED) is 0.748. The smallest absolute Gasteiger partial charge is 0.316 e. The Morgan fingerprint density at radius 1 is 1.44 bits per heavy atom. The maximum atomic E-state index is 13.5. The van der Waals surface area contributed by atoms with E-state index in [9.17, 15) is 22.4 Å². The van der Waals surface area contributed by atoms with E-state index in [1.165, 1.54) is 30.8 Å². The van der Waals surface area contributed by atoms with Gasteiger partial charge in [0.1, 0.15) is 5.82 Å². The van der Waals surface area contributed by atoms with E-state index in [1.54, 1.807) is 13.0 Å². The van der Waals surface area contributed by atoms with E-state index in [0.29, 0.717) is 12.0 Å². The van der Waals surface area contributed by atoms with Gasteiger partial charge in [-0.1, -0.05) is 6.07 Å². The minimum Gasteiger partial charge on any atom is -0.452 e. The molecule has 2 rings (SSSR count). The summed E-state index contributed by atoms with van der Waals surface area (Å²) in [5.41, 5.74) is 0.741. The van der Waals surface area contributed by atoms with Gasteiger partial charge in [-0.2, -0.15) is 0 Å². The first-order valence-corrected chi connectivity index (χ1v) is 10.6. The van der Waals surface area contributed by atoms with Crippen LogP contribution >= 0.6 is 11.8 Å². The van der Waals surface area contributed by atoms with Gasteiger partial charge in [-0.25, -0.2) is 12.8 Å². The van der Waals surface area contributed by atoms with Crippen LogP contribution in [-0.4, -0.2) is 48.9 Å². The lowest BCUT2D eigenvalue weighted by Crippen LogP contribution is -2.30. The second kappa shape index (κ2) is 8.18. The Hall–Kier alpha value is -1.61. The zero-order valence-electron chi connectivity index (χ0n) is 14.0. The third-order valence-corrected chi connectivity index (χ3v) is 7.00. The summed E-state index contributed by atoms with van der Waals surface area (Å²) in [4.78, 5) is 23.8. The number of hydrogen-bond donors (Lipinski definition) is 1. The SMILES string of the molecule is Cc1ccc(NC(=O)[C@H](C)OC(=O)CS[C@@H]2CCS(=O)(=O)C2)cc1F. The van der Waals surface area contributed by atoms with Gasteiger partial charge in [0.25, 0.3) is 5.91 Å². The van der Waals surface area contributed by atoms with Gasteiger partial charge in [-0.3, -0.25) is 9.59 Å². The number of ether oxygens (including phenoxy) is 1. The van der Waals surface area contributed by atoms with Crippen molar-refractivity contribution in [3.05, 3.63) is 29.6 Å². The minimum atomic E-state index is -2.99. The molecule has 1 amide bonds. The molecule has 1 fully saturated rings. The van der Waals surface area contributed by atoms with Crippen molar-refractivity contribution in [3.8, 4) is 0 Å². The molecule has 138 valence electrons. The van der Waals surface area contributed by atoms with Gasteiger partial charge in [0.2, 0.25) is 0 Å². The zero-order chi connectivity index (χ0) is 18.6. The van der Waals surface area contributed by atoms with Crippen molar-refractivity contribution in [1.82, 2.24) is 0 Å². The number of rotatable bonds is 6. The molecule has 0 aromatic heterocycles. The van der Waals surface area contributed by atoms with Crippen molar-refractivity contribution in [1.29, 1.82) is 0 Å². The lowest BCUT2D eigenvalue weighted by atomic mass is 10.2. The first kappa shape index (κ1) is 19.7. The summed E-state index contributed by atoms with van der Waals surface area (Å²) < 4.78 is 41.2. The molecule has 2 atom stereocenters. The lowest BCUT2D eigenvalue weighted by Gasteiger charge is -2.14. The van der Waals surface area contributed by atoms with Crippen LogP contribution in [0.25, 0.3) is 0 Å². The lowest BCUT2D eigenvalue weighted by molar-refractivity contribution is -0.150. The fourth-order valence-electron chi connectivity index (χ4n) is 2.28. The summed E-state index contributed by atoms with van der Waals surface area (Å²) in [6.45, 7) is 3.03. The number of amides is 1. The number of halogens is 1. The average Bonchev–Trinajstić information content (AvgIpc) is 2.88. The monoisotopic (exact) mass is 389 g/mol. The van der Waals surface area contributed by atoms with E-state index in [2.05, 4.69) is 5.32 Å². The second-order valence-corrected chi connectivity index (χ2v) is 9.44. The maximum absolute atomic E-state index is 13.5. The van der Waals surface area contributed by atoms with Gasteiger partial charge < -0.3 is 10.1 Å². The van der Waals surface area contributed by atoms with Crippen molar-refractivity contribution < 1.29 is 27.1 Å². The first-order chi connectivity index (χ1) is 11.7. The molecule has 25 heavy (non-hydrogen) atoms. The van der Waals surface area contributed by atoms with E-state index in [1.807, 2.05) is 0 Å². The first-order valence-electron chi connectivity index (χ1n) is 7.75. The van der Waals surface area contributed by atoms with Crippen molar-refractivity contribution in [3.63, 3.8) is 0 Å². The Labute approximate surface area is 150 Å². The van der Waals surface area contributed by atoms with E-state index < -0.39 is 33.6 Å². The summed E-state index contributed by atoms with van der Waals surface area (Å²) in [6, 6.07) is 4.29. The topological polar surface area (TPSA) is 89.5 Å². The molecule has 1 aliphatic heterocycles. The van der Waals surface area contributed by atoms with Crippen molar-refractivity contribution >= 4 is 39.2 Å². The van der Waals surface area contributed by atoms with Gasteiger partial charge in [-0.15, -0.1) is 11.8 Å². The molecular weight excluding hydrogens is 369 g/mol. The molecule has 6 nitrogen and oxygen atoms in total. The summed E-state index contributed by atoms with van der Waals surface area (Å²) in [5, 5.41) is 2.37. The molecule has 1 aromatic carbocycles. The number of hydrogen-bond acceptors (Lipinski definition) is 6. The van der Waals surface area contributed by atoms with Crippen LogP contribution in [0, 0.1) is 12.7 Å². The van der Waals surface area contributed by atoms with E-state index in [4.69, 9.17) is 4.74 Å². The van der Waals surface area contributed by atoms with Crippen molar-refractivity contribution in [2.24, 2.45) is 0 Å². The molecule has 0 spiro atoms. The number of sulfone groups is 1. The second-order valence-electron chi connectivity index (χ2n) is 5.92. The fourth-order valence-corrected chi connectivity index (χ4v) is 5.70. The van der Waals surface area contributed by atoms with Crippen LogP contribution in [0.4, 0.5) is 10.1 Å². The van der Waals surface area contributed by atoms with Crippen LogP contribution in [0.3, 0.4) is 0 Å². The van der Waals surface area contributed by atoms with E-state index in [-0.39, 0.29) is 28.2 Å². The van der Waals surface area contributed by atoms with Gasteiger partial charge >= 0.3 is 5.97 Å². The standard InChI is InChI=1S/C16H20FNO5S2/c1-10-3-4-12(7-14(10)17)18-16(20)11(2)23-15(19)8-24-13-5-6-25(21,22)9-13/h3-4,7,11,13H,5-6,8-9H2,1-2H3,(H,18,20)/t11-,13+/m0/s1. The Kier molecular flexibility index (Phi) is 6.45. The van der Waals surface area contributed by atoms with E-state index in [0.717, 1.165) is 0 Å². The molecule has 1 N–H and O–H groups in total. The molecule has 0 bridgehead atoms. The van der Waals surface area contributed by atoms with E-state index >= 15 is 0 Å². The zero-order valence-corrected chi connectivity index (χ0v) is 15.6. The maximum Gasteiger partial charge on any atom is 0.316 e. The van der Waals surface area contributed by atoms with Gasteiger partial charge in [0, 0.05) is 10.9 Å². The number of benzene rings is 1. The molecule has 9 heteroatoms. The van der Waals surface area contributed by atoms with Crippen LogP contribution in [0.1, 0.15) is 18.9 Å². The highest BCUT2D eigenvalue weighted by Gasteiger charge is 2.29. The Morgan fingerprint density at radius 2 is 2.16 bits per heavy atom. The van der Waals surface area contributed by atoms with Crippen molar-refractivity contribution in [2.45, 2.75) is 31.6 Å². The number of carbonyl (C=O) groups is 2. The van der Waals surface area contributed by atoms with Crippen LogP contribution in [0.5, 0.6) is 0 Å². The third kappa shape index (κ3) is 6.00. The molecule has 0 aliphatic carbocycles. The predicted molar refractivity (Wildman–Crippen MR) is 94.8 cm³/mol. The fraction of sp³-hybridized carbons (Fsp3) is 0.500. The number of nitrogens with one attached hydrogen (secondary N) is 1. The minimum absolute atomic E-state index is 0.0169. The van der Waals surface area contributed by atoms with Gasteiger partial charge in [0.05, 0.1) is 17.3 Å². The van der Waals surface area contributed by atoms with Crippen molar-refractivity contribution in [2.75, 3.05) is 22.6 Å². The highest BCUT2D eigenvalue weighted by Crippen LogP contribution is 2.24. The average molecular weight is 389 g/mol. The molecule has 0 unspecified atom stereocenters. The molecule has 1 heterocycles. The number of aryl methyl sites for hydroxylation is 1. The summed E-state index contributed by atoms with van der Waals surface area (Å²) in [6.07, 6.45) is -0.514. The molecule has 0 saturated carbocycles. The van der Waals surface area contributed by atoms with Crippen LogP contribution < -0.4 is 5.32 Å². The molecule has 1 aliphatic rings. The Balaban J connectivity index is 1.78. The van der Waals surface area contributed by atoms with Crippen LogP contribution in [0.2, 0.25) is 0 Å². The number of thioether (sulfide) groups is 1. The highest BCUT2D eigenvalue weighted by molar-refractivity contribution is 8.02. The summed E-state index contributed by atoms with van der Waals surface area (Å²) in [7, 11) is -2.99. The number of anilines is 1. The Bertz CT molecular complexity index is 766. The van der Waals surface area contributed by atoms with Gasteiger partial charge in [0.15, 0.2) is 15.9 Å². The summed E-state index contributed by atoms with van der Waals surface area (Å²) in [5.74, 6) is -1.40. The molecule has 1 aromatic rings. The number of esters is 1. The molecule has 1 saturated heterocycles. The molecule has 0 radical (unpaired) electrons. The predicted octanol–water partition coefficient (Wildman–Crippen LogP) is 1.92. The third-order valence-electron chi connectivity index (χ3n) is 3.74. The van der Waals surface area contributed by atoms with Crippen LogP contribution in [-0.2, 0) is 24.2 Å².